The number of rotatable bonds is 6. The number of aromatic amines is 1. The SMILES string of the molecule is CCOC(C)CNS(=O)(=O)c1cnc(C)[nH]1. The Morgan fingerprint density at radius 1 is 1.62 bits per heavy atom. The lowest BCUT2D eigenvalue weighted by Crippen LogP contribution is -2.32. The van der Waals surface area contributed by atoms with Gasteiger partial charge < -0.3 is 9.72 Å². The van der Waals surface area contributed by atoms with E-state index in [1.54, 1.807) is 6.92 Å². The molecule has 1 unspecified atom stereocenters. The lowest BCUT2D eigenvalue weighted by molar-refractivity contribution is 0.0799. The first-order valence-electron chi connectivity index (χ1n) is 5.08. The number of nitrogens with one attached hydrogen (secondary N) is 2. The fourth-order valence-corrected chi connectivity index (χ4v) is 2.27. The topological polar surface area (TPSA) is 84.1 Å². The summed E-state index contributed by atoms with van der Waals surface area (Å²) < 4.78 is 31.1. The molecule has 0 amide bonds. The molecule has 16 heavy (non-hydrogen) atoms. The highest BCUT2D eigenvalue weighted by atomic mass is 32.2. The second-order valence-electron chi connectivity index (χ2n) is 3.45. The molecule has 0 saturated heterocycles. The molecule has 92 valence electrons. The van der Waals surface area contributed by atoms with Crippen molar-refractivity contribution in [1.29, 1.82) is 0 Å². The third kappa shape index (κ3) is 3.58. The van der Waals surface area contributed by atoms with E-state index in [-0.39, 0.29) is 17.7 Å². The van der Waals surface area contributed by atoms with Gasteiger partial charge >= 0.3 is 0 Å². The van der Waals surface area contributed by atoms with Crippen LogP contribution in [0.3, 0.4) is 0 Å². The van der Waals surface area contributed by atoms with Gasteiger partial charge in [-0.2, -0.15) is 0 Å². The van der Waals surface area contributed by atoms with Gasteiger partial charge in [0.25, 0.3) is 10.0 Å². The van der Waals surface area contributed by atoms with Crippen molar-refractivity contribution in [3.8, 4) is 0 Å². The van der Waals surface area contributed by atoms with E-state index in [4.69, 9.17) is 4.74 Å². The average molecular weight is 247 g/mol. The van der Waals surface area contributed by atoms with Gasteiger partial charge in [-0.15, -0.1) is 0 Å². The van der Waals surface area contributed by atoms with Gasteiger partial charge in [0, 0.05) is 13.2 Å². The van der Waals surface area contributed by atoms with Crippen molar-refractivity contribution in [2.45, 2.75) is 31.9 Å². The van der Waals surface area contributed by atoms with E-state index < -0.39 is 10.0 Å². The second-order valence-corrected chi connectivity index (χ2v) is 5.19. The number of hydrogen-bond donors (Lipinski definition) is 2. The van der Waals surface area contributed by atoms with Crippen LogP contribution in [-0.4, -0.2) is 37.6 Å². The van der Waals surface area contributed by atoms with Crippen LogP contribution in [0, 0.1) is 6.92 Å². The second kappa shape index (κ2) is 5.42. The fourth-order valence-electron chi connectivity index (χ4n) is 1.18. The number of hydrogen-bond acceptors (Lipinski definition) is 4. The van der Waals surface area contributed by atoms with Crippen molar-refractivity contribution in [3.63, 3.8) is 0 Å². The summed E-state index contributed by atoms with van der Waals surface area (Å²) in [4.78, 5) is 6.51. The molecule has 0 saturated carbocycles. The normalized spacial score (nSPS) is 13.9. The molecule has 6 nitrogen and oxygen atoms in total. The molecule has 1 heterocycles. The van der Waals surface area contributed by atoms with Crippen LogP contribution in [0.25, 0.3) is 0 Å². The molecule has 2 N–H and O–H groups in total. The van der Waals surface area contributed by atoms with Crippen LogP contribution in [0.2, 0.25) is 0 Å². The molecule has 1 atom stereocenters. The Morgan fingerprint density at radius 2 is 2.31 bits per heavy atom. The number of H-pyrrole nitrogens is 1. The maximum Gasteiger partial charge on any atom is 0.257 e. The molecule has 1 rings (SSSR count). The first-order chi connectivity index (χ1) is 7.45. The average Bonchev–Trinajstić information content (AvgIpc) is 2.63. The van der Waals surface area contributed by atoms with Crippen LogP contribution in [0.5, 0.6) is 0 Å². The summed E-state index contributed by atoms with van der Waals surface area (Å²) in [5.74, 6) is 0.568. The minimum absolute atomic E-state index is 0.0775. The van der Waals surface area contributed by atoms with E-state index >= 15 is 0 Å². The maximum atomic E-state index is 11.7. The molecule has 0 aliphatic carbocycles. The summed E-state index contributed by atoms with van der Waals surface area (Å²) in [6, 6.07) is 0. The van der Waals surface area contributed by atoms with Crippen LogP contribution in [0.1, 0.15) is 19.7 Å². The van der Waals surface area contributed by atoms with Gasteiger partial charge in [-0.1, -0.05) is 0 Å². The first kappa shape index (κ1) is 13.1. The maximum absolute atomic E-state index is 11.7. The Bertz CT molecular complexity index is 427. The monoisotopic (exact) mass is 247 g/mol. The molecule has 0 fully saturated rings. The van der Waals surface area contributed by atoms with E-state index in [9.17, 15) is 8.42 Å². The minimum atomic E-state index is -3.50. The molecule has 1 aromatic rings. The summed E-state index contributed by atoms with van der Waals surface area (Å²) >= 11 is 0. The number of imidazole rings is 1. The fraction of sp³-hybridized carbons (Fsp3) is 0.667. The Hall–Kier alpha value is -0.920. The number of nitrogens with zero attached hydrogens (tertiary/aromatic N) is 1. The Balaban J connectivity index is 2.59. The first-order valence-corrected chi connectivity index (χ1v) is 6.57. The van der Waals surface area contributed by atoms with Crippen molar-refractivity contribution < 1.29 is 13.2 Å². The smallest absolute Gasteiger partial charge is 0.257 e. The molecular weight excluding hydrogens is 230 g/mol. The van der Waals surface area contributed by atoms with Crippen LogP contribution in [0.4, 0.5) is 0 Å². The molecule has 0 bridgehead atoms. The van der Waals surface area contributed by atoms with E-state index in [1.807, 2.05) is 13.8 Å². The van der Waals surface area contributed by atoms with E-state index in [0.717, 1.165) is 0 Å². The van der Waals surface area contributed by atoms with E-state index in [0.29, 0.717) is 12.4 Å². The predicted octanol–water partition coefficient (Wildman–Crippen LogP) is 0.421. The van der Waals surface area contributed by atoms with Crippen LogP contribution in [0.15, 0.2) is 11.2 Å². The highest BCUT2D eigenvalue weighted by Gasteiger charge is 2.17. The highest BCUT2D eigenvalue weighted by molar-refractivity contribution is 7.89. The number of aromatic nitrogens is 2. The van der Waals surface area contributed by atoms with Gasteiger partial charge in [-0.25, -0.2) is 18.1 Å². The summed E-state index contributed by atoms with van der Waals surface area (Å²) in [5.41, 5.74) is 0. The molecule has 0 aliphatic heterocycles. The molecule has 0 aromatic carbocycles. The quantitative estimate of drug-likeness (QED) is 0.763. The zero-order valence-electron chi connectivity index (χ0n) is 9.65. The largest absolute Gasteiger partial charge is 0.377 e. The number of aryl methyl sites for hydroxylation is 1. The Morgan fingerprint density at radius 3 is 2.81 bits per heavy atom. The van der Waals surface area contributed by atoms with Crippen molar-refractivity contribution >= 4 is 10.0 Å². The molecule has 0 radical (unpaired) electrons. The molecule has 1 aromatic heterocycles. The standard InChI is InChI=1S/C9H17N3O3S/c1-4-15-7(2)5-11-16(13,14)9-6-10-8(3)12-9/h6-7,11H,4-5H2,1-3H3,(H,10,12). The van der Waals surface area contributed by atoms with Crippen LogP contribution < -0.4 is 4.72 Å². The highest BCUT2D eigenvalue weighted by Crippen LogP contribution is 2.04. The van der Waals surface area contributed by atoms with E-state index in [1.165, 1.54) is 6.20 Å². The predicted molar refractivity (Wildman–Crippen MR) is 59.6 cm³/mol. The van der Waals surface area contributed by atoms with Crippen LogP contribution >= 0.6 is 0 Å². The number of sulfonamides is 1. The summed E-state index contributed by atoms with van der Waals surface area (Å²) in [5, 5.41) is 0.0775. The van der Waals surface area contributed by atoms with Crippen molar-refractivity contribution in [3.05, 3.63) is 12.0 Å². The molecule has 7 heteroatoms. The molecule has 0 aliphatic rings. The third-order valence-corrected chi connectivity index (χ3v) is 3.31. The molecular formula is C9H17N3O3S. The van der Waals surface area contributed by atoms with Gasteiger partial charge in [-0.3, -0.25) is 0 Å². The Kier molecular flexibility index (Phi) is 4.45. The van der Waals surface area contributed by atoms with E-state index in [2.05, 4.69) is 14.7 Å². The van der Waals surface area contributed by atoms with Crippen molar-refractivity contribution in [2.75, 3.05) is 13.2 Å². The van der Waals surface area contributed by atoms with Gasteiger partial charge in [0.05, 0.1) is 12.3 Å². The zero-order chi connectivity index (χ0) is 12.2. The number of ether oxygens (including phenoxy) is 1. The lowest BCUT2D eigenvalue weighted by Gasteiger charge is -2.11. The summed E-state index contributed by atoms with van der Waals surface area (Å²) in [6.45, 7) is 6.18. The Labute approximate surface area is 95.5 Å². The third-order valence-electron chi connectivity index (χ3n) is 1.98. The lowest BCUT2D eigenvalue weighted by atomic mass is 10.4. The van der Waals surface area contributed by atoms with Crippen molar-refractivity contribution in [2.24, 2.45) is 0 Å². The summed E-state index contributed by atoms with van der Waals surface area (Å²) in [7, 11) is -3.50. The van der Waals surface area contributed by atoms with Gasteiger partial charge in [-0.05, 0) is 20.8 Å². The van der Waals surface area contributed by atoms with Crippen molar-refractivity contribution in [1.82, 2.24) is 14.7 Å². The van der Waals surface area contributed by atoms with Gasteiger partial charge in [0.15, 0.2) is 5.03 Å². The zero-order valence-corrected chi connectivity index (χ0v) is 10.5. The molecule has 0 spiro atoms. The summed E-state index contributed by atoms with van der Waals surface area (Å²) in [6.07, 6.45) is 1.15. The van der Waals surface area contributed by atoms with Crippen LogP contribution in [-0.2, 0) is 14.8 Å². The van der Waals surface area contributed by atoms with Gasteiger partial charge in [0.2, 0.25) is 0 Å². The van der Waals surface area contributed by atoms with Gasteiger partial charge in [0.1, 0.15) is 5.82 Å². The minimum Gasteiger partial charge on any atom is -0.377 e.